The predicted molar refractivity (Wildman–Crippen MR) is 67.4 cm³/mol. The van der Waals surface area contributed by atoms with Crippen LogP contribution >= 0.6 is 0 Å². The van der Waals surface area contributed by atoms with Gasteiger partial charge in [0, 0.05) is 25.3 Å². The lowest BCUT2D eigenvalue weighted by Crippen LogP contribution is -2.32. The maximum absolute atomic E-state index is 11.3. The maximum atomic E-state index is 11.3. The van der Waals surface area contributed by atoms with E-state index < -0.39 is 0 Å². The second kappa shape index (κ2) is 4.66. The molecule has 0 radical (unpaired) electrons. The van der Waals surface area contributed by atoms with Crippen LogP contribution in [-0.4, -0.2) is 28.4 Å². The summed E-state index contributed by atoms with van der Waals surface area (Å²) in [5.41, 5.74) is 3.63. The Hall–Kier alpha value is -1.46. The third kappa shape index (κ3) is 2.11. The van der Waals surface area contributed by atoms with E-state index in [1.807, 2.05) is 6.07 Å². The predicted octanol–water partition coefficient (Wildman–Crippen LogP) is 0.669. The molecular weight excluding hydrogens is 228 g/mol. The Morgan fingerprint density at radius 2 is 2.39 bits per heavy atom. The first kappa shape index (κ1) is 11.6. The van der Waals surface area contributed by atoms with Crippen molar-refractivity contribution in [1.29, 1.82) is 0 Å². The number of hydrazine groups is 1. The standard InChI is InChI=1S/C13H18N4O/c14-16-13(18)10-2-3-11(15-6-10)8-17-7-9-1-4-12(17)5-9/h2-3,6,9,12H,1,4-5,7-8,14H2,(H,16,18). The fourth-order valence-corrected chi connectivity index (χ4v) is 3.16. The summed E-state index contributed by atoms with van der Waals surface area (Å²) in [6, 6.07) is 4.44. The highest BCUT2D eigenvalue weighted by Crippen LogP contribution is 2.37. The lowest BCUT2D eigenvalue weighted by atomic mass is 10.1. The van der Waals surface area contributed by atoms with Crippen LogP contribution in [0.3, 0.4) is 0 Å². The van der Waals surface area contributed by atoms with Gasteiger partial charge in [0.2, 0.25) is 0 Å². The first-order valence-corrected chi connectivity index (χ1v) is 6.46. The van der Waals surface area contributed by atoms with Crippen LogP contribution in [-0.2, 0) is 6.54 Å². The van der Waals surface area contributed by atoms with Crippen LogP contribution in [0.2, 0.25) is 0 Å². The van der Waals surface area contributed by atoms with Crippen molar-refractivity contribution in [2.75, 3.05) is 6.54 Å². The number of nitrogens with one attached hydrogen (secondary N) is 1. The molecule has 2 atom stereocenters. The summed E-state index contributed by atoms with van der Waals surface area (Å²) in [6.45, 7) is 2.10. The number of amides is 1. The molecule has 3 N–H and O–H groups in total. The molecule has 0 aromatic carbocycles. The fourth-order valence-electron chi connectivity index (χ4n) is 3.16. The minimum atomic E-state index is -0.297. The Labute approximate surface area is 106 Å². The number of rotatable bonds is 3. The van der Waals surface area contributed by atoms with E-state index in [0.29, 0.717) is 5.56 Å². The molecule has 0 spiro atoms. The highest BCUT2D eigenvalue weighted by Gasteiger charge is 2.37. The SMILES string of the molecule is NNC(=O)c1ccc(CN2CC3CCC2C3)nc1. The van der Waals surface area contributed by atoms with Gasteiger partial charge >= 0.3 is 0 Å². The van der Waals surface area contributed by atoms with E-state index >= 15 is 0 Å². The minimum Gasteiger partial charge on any atom is -0.294 e. The first-order valence-electron chi connectivity index (χ1n) is 6.46. The second-order valence-electron chi connectivity index (χ2n) is 5.27. The monoisotopic (exact) mass is 246 g/mol. The zero-order valence-corrected chi connectivity index (χ0v) is 10.3. The van der Waals surface area contributed by atoms with E-state index in [1.54, 1.807) is 12.3 Å². The molecule has 2 aliphatic rings. The van der Waals surface area contributed by atoms with Gasteiger partial charge in [0.25, 0.3) is 5.91 Å². The Bertz CT molecular complexity index is 445. The number of piperidine rings is 1. The van der Waals surface area contributed by atoms with Crippen molar-refractivity contribution >= 4 is 5.91 Å². The van der Waals surface area contributed by atoms with Crippen molar-refractivity contribution in [3.8, 4) is 0 Å². The van der Waals surface area contributed by atoms with Crippen LogP contribution in [0.1, 0.15) is 35.3 Å². The summed E-state index contributed by atoms with van der Waals surface area (Å²) in [5.74, 6) is 5.68. The second-order valence-corrected chi connectivity index (χ2v) is 5.27. The molecule has 2 bridgehead atoms. The van der Waals surface area contributed by atoms with Crippen molar-refractivity contribution in [2.24, 2.45) is 11.8 Å². The average Bonchev–Trinajstić information content (AvgIpc) is 3.01. The minimum absolute atomic E-state index is 0.297. The fraction of sp³-hybridized carbons (Fsp3) is 0.538. The molecule has 96 valence electrons. The third-order valence-corrected chi connectivity index (χ3v) is 4.11. The van der Waals surface area contributed by atoms with Crippen LogP contribution in [0, 0.1) is 5.92 Å². The summed E-state index contributed by atoms with van der Waals surface area (Å²) in [5, 5.41) is 0. The number of carbonyl (C=O) groups excluding carboxylic acids is 1. The topological polar surface area (TPSA) is 71.2 Å². The lowest BCUT2D eigenvalue weighted by Gasteiger charge is -2.26. The van der Waals surface area contributed by atoms with Crippen LogP contribution in [0.4, 0.5) is 0 Å². The van der Waals surface area contributed by atoms with Gasteiger partial charge in [-0.3, -0.25) is 20.1 Å². The molecule has 1 aromatic heterocycles. The molecule has 18 heavy (non-hydrogen) atoms. The Balaban J connectivity index is 1.65. The van der Waals surface area contributed by atoms with Gasteiger partial charge in [0.15, 0.2) is 0 Å². The summed E-state index contributed by atoms with van der Waals surface area (Å²) in [7, 11) is 0. The van der Waals surface area contributed by atoms with E-state index in [9.17, 15) is 4.79 Å². The number of fused-ring (bicyclic) bond motifs is 2. The smallest absolute Gasteiger partial charge is 0.266 e. The van der Waals surface area contributed by atoms with Crippen molar-refractivity contribution < 1.29 is 4.79 Å². The number of aromatic nitrogens is 1. The molecule has 1 amide bonds. The molecule has 1 saturated carbocycles. The van der Waals surface area contributed by atoms with Gasteiger partial charge in [-0.1, -0.05) is 0 Å². The van der Waals surface area contributed by atoms with E-state index in [2.05, 4.69) is 15.3 Å². The summed E-state index contributed by atoms with van der Waals surface area (Å²) in [4.78, 5) is 18.1. The molecular formula is C13H18N4O. The summed E-state index contributed by atoms with van der Waals surface area (Å²) < 4.78 is 0. The normalized spacial score (nSPS) is 26.5. The number of hydrogen-bond acceptors (Lipinski definition) is 4. The largest absolute Gasteiger partial charge is 0.294 e. The summed E-state index contributed by atoms with van der Waals surface area (Å²) >= 11 is 0. The zero-order valence-electron chi connectivity index (χ0n) is 10.3. The molecule has 3 rings (SSSR count). The molecule has 1 aliphatic carbocycles. The molecule has 2 unspecified atom stereocenters. The van der Waals surface area contributed by atoms with Crippen molar-refractivity contribution in [2.45, 2.75) is 31.8 Å². The van der Waals surface area contributed by atoms with Crippen LogP contribution in [0.15, 0.2) is 18.3 Å². The molecule has 1 aromatic rings. The number of likely N-dealkylation sites (tertiary alicyclic amines) is 1. The first-order chi connectivity index (χ1) is 8.76. The van der Waals surface area contributed by atoms with Gasteiger partial charge in [0.1, 0.15) is 0 Å². The number of nitrogens with zero attached hydrogens (tertiary/aromatic N) is 2. The number of nitrogen functional groups attached to an aromatic ring is 1. The van der Waals surface area contributed by atoms with E-state index in [-0.39, 0.29) is 5.91 Å². The molecule has 2 heterocycles. The molecule has 5 heteroatoms. The lowest BCUT2D eigenvalue weighted by molar-refractivity contribution is 0.0953. The highest BCUT2D eigenvalue weighted by molar-refractivity contribution is 5.93. The van der Waals surface area contributed by atoms with Crippen molar-refractivity contribution in [3.63, 3.8) is 0 Å². The van der Waals surface area contributed by atoms with Gasteiger partial charge in [-0.2, -0.15) is 0 Å². The van der Waals surface area contributed by atoms with E-state index in [1.165, 1.54) is 25.8 Å². The van der Waals surface area contributed by atoms with Gasteiger partial charge in [-0.25, -0.2) is 5.84 Å². The maximum Gasteiger partial charge on any atom is 0.266 e. The van der Waals surface area contributed by atoms with Crippen LogP contribution in [0.5, 0.6) is 0 Å². The molecule has 1 aliphatic heterocycles. The number of pyridine rings is 1. The molecule has 1 saturated heterocycles. The van der Waals surface area contributed by atoms with Gasteiger partial charge in [-0.15, -0.1) is 0 Å². The average molecular weight is 246 g/mol. The van der Waals surface area contributed by atoms with Crippen LogP contribution in [0.25, 0.3) is 0 Å². The Morgan fingerprint density at radius 3 is 2.94 bits per heavy atom. The van der Waals surface area contributed by atoms with E-state index in [4.69, 9.17) is 5.84 Å². The van der Waals surface area contributed by atoms with Gasteiger partial charge in [0.05, 0.1) is 11.3 Å². The Morgan fingerprint density at radius 1 is 1.50 bits per heavy atom. The number of nitrogens with two attached hydrogens (primary N) is 1. The highest BCUT2D eigenvalue weighted by atomic mass is 16.2. The van der Waals surface area contributed by atoms with Crippen molar-refractivity contribution in [1.82, 2.24) is 15.3 Å². The van der Waals surface area contributed by atoms with Crippen LogP contribution < -0.4 is 11.3 Å². The molecule has 5 nitrogen and oxygen atoms in total. The third-order valence-electron chi connectivity index (χ3n) is 4.11. The summed E-state index contributed by atoms with van der Waals surface area (Å²) in [6.07, 6.45) is 5.67. The number of hydrogen-bond donors (Lipinski definition) is 2. The quantitative estimate of drug-likeness (QED) is 0.467. The van der Waals surface area contributed by atoms with Crippen molar-refractivity contribution in [3.05, 3.63) is 29.6 Å². The molecule has 2 fully saturated rings. The number of carbonyl (C=O) groups is 1. The zero-order chi connectivity index (χ0) is 12.5. The van der Waals surface area contributed by atoms with E-state index in [0.717, 1.165) is 24.2 Å². The van der Waals surface area contributed by atoms with Gasteiger partial charge < -0.3 is 0 Å². The Kier molecular flexibility index (Phi) is 3.01. The van der Waals surface area contributed by atoms with Gasteiger partial charge in [-0.05, 0) is 37.3 Å².